The molecule has 1 rings (SSSR count). The Morgan fingerprint density at radius 1 is 1.75 bits per heavy atom. The second kappa shape index (κ2) is 2.42. The molecule has 2 unspecified atom stereocenters. The summed E-state index contributed by atoms with van der Waals surface area (Å²) < 4.78 is 16.6. The summed E-state index contributed by atoms with van der Waals surface area (Å²) in [6.07, 6.45) is -0.0459. The molecule has 2 nitrogen and oxygen atoms in total. The number of aliphatic hydroxyl groups is 1. The van der Waals surface area contributed by atoms with Crippen LogP contribution in [-0.2, 0) is 4.74 Å². The molecule has 8 heavy (non-hydrogen) atoms. The van der Waals surface area contributed by atoms with Crippen molar-refractivity contribution in [2.75, 3.05) is 6.61 Å². The van der Waals surface area contributed by atoms with Gasteiger partial charge in [0, 0.05) is 6.42 Å². The van der Waals surface area contributed by atoms with Crippen LogP contribution in [0.25, 0.3) is 0 Å². The molecule has 2 atom stereocenters. The molecule has 1 aliphatic heterocycles. The first kappa shape index (κ1) is 5.98. The van der Waals surface area contributed by atoms with Crippen LogP contribution in [0.15, 0.2) is 0 Å². The lowest BCUT2D eigenvalue weighted by Gasteiger charge is -2.19. The minimum absolute atomic E-state index is 0.0255. The minimum Gasteiger partial charge on any atom is -0.368 e. The largest absolute Gasteiger partial charge is 0.368 e. The molecular weight excluding hydrogens is 111 g/mol. The second-order valence-corrected chi connectivity index (χ2v) is 1.79. The van der Waals surface area contributed by atoms with Crippen LogP contribution in [0, 0.1) is 6.42 Å². The molecule has 3 heteroatoms. The molecular formula is C5H8FO2. The summed E-state index contributed by atoms with van der Waals surface area (Å²) in [7, 11) is 0. The predicted octanol–water partition coefficient (Wildman–Crippen LogP) is 0.267. The molecule has 0 aromatic rings. The van der Waals surface area contributed by atoms with Crippen molar-refractivity contribution >= 4 is 0 Å². The first-order valence-electron chi connectivity index (χ1n) is 2.56. The maximum atomic E-state index is 12.1. The second-order valence-electron chi connectivity index (χ2n) is 1.79. The van der Waals surface area contributed by atoms with Gasteiger partial charge < -0.3 is 9.84 Å². The Balaban J connectivity index is 2.19. The fourth-order valence-corrected chi connectivity index (χ4v) is 0.603. The van der Waals surface area contributed by atoms with Crippen molar-refractivity contribution in [1.29, 1.82) is 0 Å². The van der Waals surface area contributed by atoms with E-state index in [4.69, 9.17) is 5.11 Å². The molecule has 0 aromatic carbocycles. The highest BCUT2D eigenvalue weighted by molar-refractivity contribution is 4.77. The number of ether oxygens (including phenoxy) is 1. The molecule has 1 radical (unpaired) electrons. The van der Waals surface area contributed by atoms with Crippen LogP contribution >= 0.6 is 0 Å². The minimum atomic E-state index is -0.918. The number of hydrogen-bond donors (Lipinski definition) is 1. The van der Waals surface area contributed by atoms with Gasteiger partial charge in [-0.15, -0.1) is 0 Å². The molecule has 0 aromatic heterocycles. The smallest absolute Gasteiger partial charge is 0.158 e. The van der Waals surface area contributed by atoms with Crippen molar-refractivity contribution in [2.24, 2.45) is 0 Å². The van der Waals surface area contributed by atoms with Crippen molar-refractivity contribution in [3.05, 3.63) is 6.42 Å². The molecule has 47 valence electrons. The molecule has 1 N–H and O–H groups in total. The quantitative estimate of drug-likeness (QED) is 0.496. The van der Waals surface area contributed by atoms with Crippen LogP contribution in [-0.4, -0.2) is 24.2 Å². The Kier molecular flexibility index (Phi) is 1.81. The molecule has 1 saturated heterocycles. The first-order valence-corrected chi connectivity index (χ1v) is 2.56. The van der Waals surface area contributed by atoms with E-state index in [1.165, 1.54) is 6.42 Å². The van der Waals surface area contributed by atoms with Crippen molar-refractivity contribution in [2.45, 2.75) is 18.9 Å². The third-order valence-corrected chi connectivity index (χ3v) is 1.04. The number of aliphatic hydroxyl groups excluding tert-OH is 1. The van der Waals surface area contributed by atoms with Crippen molar-refractivity contribution in [1.82, 2.24) is 0 Å². The van der Waals surface area contributed by atoms with E-state index in [1.54, 1.807) is 0 Å². The van der Waals surface area contributed by atoms with Crippen molar-refractivity contribution in [3.8, 4) is 0 Å². The van der Waals surface area contributed by atoms with Crippen LogP contribution in [0.5, 0.6) is 0 Å². The summed E-state index contributed by atoms with van der Waals surface area (Å²) in [6, 6.07) is 0. The Morgan fingerprint density at radius 2 is 2.50 bits per heavy atom. The molecule has 0 spiro atoms. The maximum Gasteiger partial charge on any atom is 0.158 e. The zero-order valence-electron chi connectivity index (χ0n) is 4.38. The number of alkyl halides is 1. The molecule has 0 bridgehead atoms. The summed E-state index contributed by atoms with van der Waals surface area (Å²) >= 11 is 0. The van der Waals surface area contributed by atoms with Gasteiger partial charge >= 0.3 is 0 Å². The number of hydrogen-bond acceptors (Lipinski definition) is 2. The summed E-state index contributed by atoms with van der Waals surface area (Å²) in [4.78, 5) is 0. The first-order chi connectivity index (χ1) is 3.79. The lowest BCUT2D eigenvalue weighted by Crippen LogP contribution is -2.26. The van der Waals surface area contributed by atoms with Gasteiger partial charge in [-0.2, -0.15) is 0 Å². The van der Waals surface area contributed by atoms with E-state index in [0.717, 1.165) is 0 Å². The summed E-state index contributed by atoms with van der Waals surface area (Å²) in [5.74, 6) is 0. The zero-order valence-corrected chi connectivity index (χ0v) is 4.38. The lowest BCUT2D eigenvalue weighted by molar-refractivity contribution is -0.112. The van der Waals surface area contributed by atoms with Gasteiger partial charge in [0.15, 0.2) is 6.29 Å². The van der Waals surface area contributed by atoms with E-state index in [9.17, 15) is 4.39 Å². The van der Waals surface area contributed by atoms with E-state index in [1.807, 2.05) is 0 Å². The fourth-order valence-electron chi connectivity index (χ4n) is 0.603. The predicted molar refractivity (Wildman–Crippen MR) is 25.8 cm³/mol. The average Bonchev–Trinajstić information content (AvgIpc) is 1.77. The van der Waals surface area contributed by atoms with Crippen LogP contribution in [0.4, 0.5) is 4.39 Å². The van der Waals surface area contributed by atoms with Gasteiger partial charge in [0.25, 0.3) is 0 Å². The zero-order chi connectivity index (χ0) is 5.98. The van der Waals surface area contributed by atoms with E-state index in [0.29, 0.717) is 6.42 Å². The third-order valence-electron chi connectivity index (χ3n) is 1.04. The van der Waals surface area contributed by atoms with Gasteiger partial charge in [-0.05, 0) is 6.42 Å². The maximum absolute atomic E-state index is 12.1. The number of halogens is 1. The summed E-state index contributed by atoms with van der Waals surface area (Å²) in [6.45, 7) is 0.0255. The van der Waals surface area contributed by atoms with Crippen molar-refractivity contribution in [3.63, 3.8) is 0 Å². The van der Waals surface area contributed by atoms with Gasteiger partial charge in [0.1, 0.15) is 6.17 Å². The molecule has 0 aliphatic carbocycles. The van der Waals surface area contributed by atoms with E-state index in [2.05, 4.69) is 4.74 Å². The molecule has 0 saturated carbocycles. The Hall–Kier alpha value is -0.150. The van der Waals surface area contributed by atoms with Crippen LogP contribution < -0.4 is 0 Å². The lowest BCUT2D eigenvalue weighted by atomic mass is 10.2. The topological polar surface area (TPSA) is 29.5 Å². The molecule has 1 aliphatic rings. The highest BCUT2D eigenvalue weighted by Gasteiger charge is 2.18. The van der Waals surface area contributed by atoms with Gasteiger partial charge in [0.2, 0.25) is 0 Å². The van der Waals surface area contributed by atoms with Crippen LogP contribution in [0.3, 0.4) is 0 Å². The monoisotopic (exact) mass is 119 g/mol. The van der Waals surface area contributed by atoms with E-state index >= 15 is 0 Å². The molecule has 1 fully saturated rings. The number of rotatable bonds is 0. The van der Waals surface area contributed by atoms with Crippen LogP contribution in [0.2, 0.25) is 0 Å². The van der Waals surface area contributed by atoms with Gasteiger partial charge in [-0.1, -0.05) is 0 Å². The highest BCUT2D eigenvalue weighted by atomic mass is 19.1. The van der Waals surface area contributed by atoms with Gasteiger partial charge in [-0.25, -0.2) is 4.39 Å². The standard InChI is InChI=1S/C5H8FO2/c6-4-1-2-5(7)8-3-4/h2,4-5,7H,1,3H2. The van der Waals surface area contributed by atoms with Gasteiger partial charge in [0.05, 0.1) is 6.61 Å². The van der Waals surface area contributed by atoms with Crippen LogP contribution in [0.1, 0.15) is 6.42 Å². The SMILES string of the molecule is OC1[CH]CC(F)CO1. The summed E-state index contributed by atoms with van der Waals surface area (Å²) in [5.41, 5.74) is 0. The Morgan fingerprint density at radius 3 is 2.88 bits per heavy atom. The third kappa shape index (κ3) is 1.42. The van der Waals surface area contributed by atoms with E-state index < -0.39 is 12.5 Å². The fraction of sp³-hybridized carbons (Fsp3) is 0.800. The molecule has 1 heterocycles. The van der Waals surface area contributed by atoms with Crippen molar-refractivity contribution < 1.29 is 14.2 Å². The summed E-state index contributed by atoms with van der Waals surface area (Å²) in [5, 5.41) is 8.58. The highest BCUT2D eigenvalue weighted by Crippen LogP contribution is 2.11. The van der Waals surface area contributed by atoms with E-state index in [-0.39, 0.29) is 6.61 Å². The Bertz CT molecular complexity index is 58.8. The molecule has 0 amide bonds. The normalized spacial score (nSPS) is 39.8. The van der Waals surface area contributed by atoms with Gasteiger partial charge in [-0.3, -0.25) is 0 Å². The Labute approximate surface area is 47.3 Å². The average molecular weight is 119 g/mol.